The lowest BCUT2D eigenvalue weighted by molar-refractivity contribution is -0.161. The molecule has 2 unspecified atom stereocenters. The molecule has 0 saturated carbocycles. The zero-order chi connectivity index (χ0) is 65.4. The molecule has 0 aromatic rings. The number of hydrogen-bond acceptors (Lipinski definition) is 15. The highest BCUT2D eigenvalue weighted by atomic mass is 31.2. The van der Waals surface area contributed by atoms with Crippen molar-refractivity contribution in [3.8, 4) is 0 Å². The van der Waals surface area contributed by atoms with Crippen molar-refractivity contribution in [2.75, 3.05) is 39.6 Å². The van der Waals surface area contributed by atoms with Crippen molar-refractivity contribution in [2.45, 2.75) is 386 Å². The summed E-state index contributed by atoms with van der Waals surface area (Å²) >= 11 is 0. The molecule has 0 rings (SSSR count). The molecular formula is C70H136O17P2. The Labute approximate surface area is 543 Å². The Morgan fingerprint density at radius 2 is 0.449 bits per heavy atom. The molecule has 0 radical (unpaired) electrons. The smallest absolute Gasteiger partial charge is 0.462 e. The molecule has 0 saturated heterocycles. The third-order valence-electron chi connectivity index (χ3n) is 16.4. The number of carbonyl (C=O) groups is 4. The molecule has 0 aliphatic rings. The van der Waals surface area contributed by atoms with E-state index >= 15 is 0 Å². The number of esters is 4. The summed E-state index contributed by atoms with van der Waals surface area (Å²) in [5, 5.41) is 10.6. The van der Waals surface area contributed by atoms with E-state index in [4.69, 9.17) is 37.0 Å². The molecule has 5 atom stereocenters. The minimum atomic E-state index is -4.95. The molecule has 0 heterocycles. The number of aliphatic hydroxyl groups is 1. The molecule has 0 aromatic heterocycles. The van der Waals surface area contributed by atoms with E-state index in [1.165, 1.54) is 193 Å². The van der Waals surface area contributed by atoms with Gasteiger partial charge in [0.1, 0.15) is 19.3 Å². The Balaban J connectivity index is 5.15. The number of hydrogen-bond donors (Lipinski definition) is 3. The molecule has 3 N–H and O–H groups in total. The first-order valence-electron chi connectivity index (χ1n) is 36.8. The molecule has 0 amide bonds. The van der Waals surface area contributed by atoms with Gasteiger partial charge >= 0.3 is 39.5 Å². The summed E-state index contributed by atoms with van der Waals surface area (Å²) in [5.41, 5.74) is 0. The van der Waals surface area contributed by atoms with Gasteiger partial charge in [0.25, 0.3) is 0 Å². The van der Waals surface area contributed by atoms with Gasteiger partial charge in [-0.15, -0.1) is 0 Å². The second-order valence-corrected chi connectivity index (χ2v) is 28.2. The standard InChI is InChI=1S/C70H136O17P2/c1-5-9-13-17-20-23-26-29-32-33-36-39-42-45-49-53-57-70(75)87-66(61-81-68(73)55-51-47-43-40-37-34-30-27-24-21-18-14-10-6-2)63-85-89(78,79)83-59-64(71)58-82-88(76,77)84-62-65(60-80-67(72)54-50-46-16-12-8-4)86-69(74)56-52-48-44-41-38-35-31-28-25-22-19-15-11-7-3/h64-66,71H,5-63H2,1-4H3,(H,76,77)(H,78,79)/t64-,65+,66+/m0/s1. The average molecular weight is 1310 g/mol. The number of phosphoric acid groups is 2. The van der Waals surface area contributed by atoms with E-state index in [9.17, 15) is 43.2 Å². The second kappa shape index (κ2) is 64.8. The van der Waals surface area contributed by atoms with E-state index in [1.54, 1.807) is 0 Å². The molecule has 17 nitrogen and oxygen atoms in total. The zero-order valence-electron chi connectivity index (χ0n) is 57.4. The van der Waals surface area contributed by atoms with Crippen LogP contribution in [0, 0.1) is 0 Å². The van der Waals surface area contributed by atoms with Gasteiger partial charge in [-0.25, -0.2) is 9.13 Å². The normalized spacial score (nSPS) is 14.0. The molecule has 0 aromatic carbocycles. The summed E-state index contributed by atoms with van der Waals surface area (Å²) in [7, 11) is -9.89. The number of ether oxygens (including phenoxy) is 4. The zero-order valence-corrected chi connectivity index (χ0v) is 59.2. The van der Waals surface area contributed by atoms with E-state index in [0.29, 0.717) is 25.7 Å². The van der Waals surface area contributed by atoms with Crippen LogP contribution < -0.4 is 0 Å². The highest BCUT2D eigenvalue weighted by Gasteiger charge is 2.30. The van der Waals surface area contributed by atoms with Crippen molar-refractivity contribution in [3.63, 3.8) is 0 Å². The summed E-state index contributed by atoms with van der Waals surface area (Å²) in [5.74, 6) is -2.13. The predicted octanol–water partition coefficient (Wildman–Crippen LogP) is 20.3. The van der Waals surface area contributed by atoms with Crippen molar-refractivity contribution in [3.05, 3.63) is 0 Å². The number of rotatable bonds is 71. The fraction of sp³-hybridized carbons (Fsp3) is 0.943. The van der Waals surface area contributed by atoms with Crippen LogP contribution in [0.2, 0.25) is 0 Å². The quantitative estimate of drug-likeness (QED) is 0.0222. The Kier molecular flexibility index (Phi) is 63.3. The van der Waals surface area contributed by atoms with Gasteiger partial charge in [-0.05, 0) is 25.7 Å². The topological polar surface area (TPSA) is 237 Å². The van der Waals surface area contributed by atoms with Crippen molar-refractivity contribution in [1.82, 2.24) is 0 Å². The maximum Gasteiger partial charge on any atom is 0.472 e. The molecule has 0 bridgehead atoms. The molecule has 0 fully saturated rings. The maximum atomic E-state index is 13.0. The third kappa shape index (κ3) is 64.6. The van der Waals surface area contributed by atoms with E-state index in [1.807, 2.05) is 0 Å². The summed E-state index contributed by atoms with van der Waals surface area (Å²) < 4.78 is 68.1. The first kappa shape index (κ1) is 87.1. The molecule has 0 spiro atoms. The van der Waals surface area contributed by atoms with Crippen molar-refractivity contribution in [1.29, 1.82) is 0 Å². The lowest BCUT2D eigenvalue weighted by Crippen LogP contribution is -2.30. The largest absolute Gasteiger partial charge is 0.472 e. The Morgan fingerprint density at radius 3 is 0.663 bits per heavy atom. The van der Waals surface area contributed by atoms with E-state index in [-0.39, 0.29) is 25.7 Å². The van der Waals surface area contributed by atoms with Crippen LogP contribution in [0.15, 0.2) is 0 Å². The van der Waals surface area contributed by atoms with Gasteiger partial charge in [0.2, 0.25) is 0 Å². The molecular weight excluding hydrogens is 1170 g/mol. The first-order valence-corrected chi connectivity index (χ1v) is 39.8. The lowest BCUT2D eigenvalue weighted by Gasteiger charge is -2.21. The number of aliphatic hydroxyl groups excluding tert-OH is 1. The van der Waals surface area contributed by atoms with Crippen LogP contribution in [0.5, 0.6) is 0 Å². The third-order valence-corrected chi connectivity index (χ3v) is 18.3. The second-order valence-electron chi connectivity index (χ2n) is 25.3. The summed E-state index contributed by atoms with van der Waals surface area (Å²) in [6.07, 6.45) is 53.0. The van der Waals surface area contributed by atoms with Crippen LogP contribution in [0.3, 0.4) is 0 Å². The summed E-state index contributed by atoms with van der Waals surface area (Å²) in [6, 6.07) is 0. The minimum absolute atomic E-state index is 0.107. The van der Waals surface area contributed by atoms with E-state index in [2.05, 4.69) is 27.7 Å². The molecule has 0 aliphatic heterocycles. The van der Waals surface area contributed by atoms with Gasteiger partial charge in [0.15, 0.2) is 12.2 Å². The molecule has 19 heteroatoms. The average Bonchev–Trinajstić information content (AvgIpc) is 3.70. The van der Waals surface area contributed by atoms with Crippen LogP contribution in [-0.4, -0.2) is 96.7 Å². The lowest BCUT2D eigenvalue weighted by atomic mass is 10.0. The van der Waals surface area contributed by atoms with Crippen LogP contribution >= 0.6 is 15.6 Å². The van der Waals surface area contributed by atoms with Crippen molar-refractivity contribution >= 4 is 39.5 Å². The molecule has 89 heavy (non-hydrogen) atoms. The SMILES string of the molecule is CCCCCCCCCCCCCCCCCCC(=O)O[C@H](COC(=O)CCCCCCCCCCCCCCCC)COP(=O)(O)OC[C@@H](O)COP(=O)(O)OC[C@@H](COC(=O)CCCCCCC)OC(=O)CCCCCCCCCCCCCCCC. The van der Waals surface area contributed by atoms with E-state index < -0.39 is 97.5 Å². The minimum Gasteiger partial charge on any atom is -0.462 e. The number of unbranched alkanes of at least 4 members (excludes halogenated alkanes) is 45. The van der Waals surface area contributed by atoms with Gasteiger partial charge < -0.3 is 33.8 Å². The summed E-state index contributed by atoms with van der Waals surface area (Å²) in [6.45, 7) is 4.87. The number of phosphoric ester groups is 2. The van der Waals surface area contributed by atoms with Gasteiger partial charge in [0, 0.05) is 25.7 Å². The summed E-state index contributed by atoms with van der Waals surface area (Å²) in [4.78, 5) is 72.3. The molecule has 0 aliphatic carbocycles. The fourth-order valence-corrected chi connectivity index (χ4v) is 12.3. The van der Waals surface area contributed by atoms with Crippen molar-refractivity contribution < 1.29 is 80.2 Å². The predicted molar refractivity (Wildman–Crippen MR) is 359 cm³/mol. The van der Waals surface area contributed by atoms with Crippen LogP contribution in [0.25, 0.3) is 0 Å². The van der Waals surface area contributed by atoms with E-state index in [0.717, 1.165) is 96.3 Å². The monoisotopic (exact) mass is 1310 g/mol. The van der Waals surface area contributed by atoms with Crippen molar-refractivity contribution in [2.24, 2.45) is 0 Å². The van der Waals surface area contributed by atoms with Crippen LogP contribution in [-0.2, 0) is 65.4 Å². The molecule has 528 valence electrons. The fourth-order valence-electron chi connectivity index (χ4n) is 10.7. The maximum absolute atomic E-state index is 13.0. The Hall–Kier alpha value is -1.94. The number of carbonyl (C=O) groups excluding carboxylic acids is 4. The Bertz CT molecular complexity index is 1710. The van der Waals surface area contributed by atoms with Gasteiger partial charge in [-0.3, -0.25) is 37.3 Å². The highest BCUT2D eigenvalue weighted by Crippen LogP contribution is 2.45. The highest BCUT2D eigenvalue weighted by molar-refractivity contribution is 7.47. The van der Waals surface area contributed by atoms with Gasteiger partial charge in [-0.1, -0.05) is 317 Å². The van der Waals surface area contributed by atoms with Crippen LogP contribution in [0.1, 0.15) is 368 Å². The van der Waals surface area contributed by atoms with Gasteiger partial charge in [-0.2, -0.15) is 0 Å². The Morgan fingerprint density at radius 1 is 0.270 bits per heavy atom. The van der Waals surface area contributed by atoms with Gasteiger partial charge in [0.05, 0.1) is 26.4 Å². The van der Waals surface area contributed by atoms with Crippen LogP contribution in [0.4, 0.5) is 0 Å². The first-order chi connectivity index (χ1) is 43.2.